The Morgan fingerprint density at radius 2 is 1.65 bits per heavy atom. The highest BCUT2D eigenvalue weighted by Crippen LogP contribution is 2.22. The molecule has 0 radical (unpaired) electrons. The second kappa shape index (κ2) is 6.78. The van der Waals surface area contributed by atoms with Crippen LogP contribution in [0.1, 0.15) is 29.7 Å². The van der Waals surface area contributed by atoms with Crippen molar-refractivity contribution in [2.24, 2.45) is 4.99 Å². The molecule has 0 fully saturated rings. The van der Waals surface area contributed by atoms with Crippen LogP contribution in [0, 0.1) is 5.82 Å². The maximum absolute atomic E-state index is 12.9. The van der Waals surface area contributed by atoms with E-state index in [4.69, 9.17) is 0 Å². The SMILES string of the molecule is CCc1ccc(CC(N=C=O)c2ccc(F)cc2)cc1. The Labute approximate surface area is 118 Å². The molecular weight excluding hydrogens is 253 g/mol. The first-order chi connectivity index (χ1) is 9.72. The van der Waals surface area contributed by atoms with Crippen LogP contribution in [-0.2, 0) is 17.6 Å². The van der Waals surface area contributed by atoms with Crippen molar-refractivity contribution in [2.75, 3.05) is 0 Å². The lowest BCUT2D eigenvalue weighted by Crippen LogP contribution is -2.00. The van der Waals surface area contributed by atoms with E-state index >= 15 is 0 Å². The third-order valence-corrected chi connectivity index (χ3v) is 3.32. The molecule has 0 aliphatic heterocycles. The van der Waals surface area contributed by atoms with E-state index in [-0.39, 0.29) is 11.9 Å². The van der Waals surface area contributed by atoms with E-state index in [1.165, 1.54) is 17.7 Å². The van der Waals surface area contributed by atoms with Crippen LogP contribution in [0.5, 0.6) is 0 Å². The predicted octanol–water partition coefficient (Wildman–Crippen LogP) is 4.01. The van der Waals surface area contributed by atoms with Crippen molar-refractivity contribution in [2.45, 2.75) is 25.8 Å². The number of aliphatic imine (C=N–C) groups is 1. The van der Waals surface area contributed by atoms with E-state index in [0.29, 0.717) is 6.42 Å². The summed E-state index contributed by atoms with van der Waals surface area (Å²) < 4.78 is 12.9. The number of halogens is 1. The Kier molecular flexibility index (Phi) is 4.80. The van der Waals surface area contributed by atoms with Crippen molar-refractivity contribution in [3.05, 3.63) is 71.0 Å². The van der Waals surface area contributed by atoms with Crippen molar-refractivity contribution in [1.82, 2.24) is 0 Å². The van der Waals surface area contributed by atoms with Gasteiger partial charge in [0, 0.05) is 0 Å². The molecule has 0 saturated heterocycles. The number of aryl methyl sites for hydroxylation is 1. The Hall–Kier alpha value is -2.25. The van der Waals surface area contributed by atoms with Crippen molar-refractivity contribution in [1.29, 1.82) is 0 Å². The van der Waals surface area contributed by atoms with Crippen LogP contribution < -0.4 is 0 Å². The molecule has 0 aliphatic rings. The first-order valence-electron chi connectivity index (χ1n) is 6.63. The van der Waals surface area contributed by atoms with E-state index in [9.17, 15) is 9.18 Å². The zero-order valence-corrected chi connectivity index (χ0v) is 11.3. The average molecular weight is 269 g/mol. The molecule has 0 saturated carbocycles. The topological polar surface area (TPSA) is 29.4 Å². The van der Waals surface area contributed by atoms with Gasteiger partial charge >= 0.3 is 0 Å². The molecule has 0 heterocycles. The number of hydrogen-bond donors (Lipinski definition) is 0. The lowest BCUT2D eigenvalue weighted by molar-refractivity contribution is 0.557. The summed E-state index contributed by atoms with van der Waals surface area (Å²) in [5, 5.41) is 0. The van der Waals surface area contributed by atoms with E-state index in [1.54, 1.807) is 18.2 Å². The predicted molar refractivity (Wildman–Crippen MR) is 76.8 cm³/mol. The number of benzene rings is 2. The fourth-order valence-corrected chi connectivity index (χ4v) is 2.12. The summed E-state index contributed by atoms with van der Waals surface area (Å²) in [6.45, 7) is 2.10. The number of rotatable bonds is 5. The third-order valence-electron chi connectivity index (χ3n) is 3.32. The Morgan fingerprint density at radius 1 is 1.05 bits per heavy atom. The Bertz CT molecular complexity index is 598. The lowest BCUT2D eigenvalue weighted by atomic mass is 9.98. The molecule has 1 unspecified atom stereocenters. The molecule has 0 bridgehead atoms. The van der Waals surface area contributed by atoms with Crippen molar-refractivity contribution in [3.63, 3.8) is 0 Å². The second-order valence-electron chi connectivity index (χ2n) is 4.66. The number of isocyanates is 1. The minimum Gasteiger partial charge on any atom is -0.211 e. The zero-order valence-electron chi connectivity index (χ0n) is 11.3. The molecule has 2 aromatic rings. The van der Waals surface area contributed by atoms with E-state index in [2.05, 4.69) is 24.0 Å². The van der Waals surface area contributed by atoms with Gasteiger partial charge < -0.3 is 0 Å². The highest BCUT2D eigenvalue weighted by atomic mass is 19.1. The van der Waals surface area contributed by atoms with Crippen LogP contribution in [0.4, 0.5) is 4.39 Å². The van der Waals surface area contributed by atoms with Crippen LogP contribution in [-0.4, -0.2) is 6.08 Å². The zero-order chi connectivity index (χ0) is 14.4. The van der Waals surface area contributed by atoms with Gasteiger partial charge in [-0.05, 0) is 41.7 Å². The van der Waals surface area contributed by atoms with Crippen molar-refractivity contribution in [3.8, 4) is 0 Å². The fourth-order valence-electron chi connectivity index (χ4n) is 2.12. The standard InChI is InChI=1S/C17H16FNO/c1-2-13-3-5-14(6-4-13)11-17(19-12-20)15-7-9-16(18)10-8-15/h3-10,17H,2,11H2,1H3. The summed E-state index contributed by atoms with van der Waals surface area (Å²) in [6, 6.07) is 14.0. The van der Waals surface area contributed by atoms with Gasteiger partial charge in [0.1, 0.15) is 5.82 Å². The number of nitrogens with zero attached hydrogens (tertiary/aromatic N) is 1. The molecule has 2 rings (SSSR count). The molecule has 0 N–H and O–H groups in total. The molecular formula is C17H16FNO. The molecule has 0 spiro atoms. The van der Waals surface area contributed by atoms with Gasteiger partial charge in [0.2, 0.25) is 6.08 Å². The second-order valence-corrected chi connectivity index (χ2v) is 4.66. The summed E-state index contributed by atoms with van der Waals surface area (Å²) in [5.41, 5.74) is 3.18. The lowest BCUT2D eigenvalue weighted by Gasteiger charge is -2.11. The van der Waals surface area contributed by atoms with Gasteiger partial charge in [0.15, 0.2) is 0 Å². The number of carbonyl (C=O) groups excluding carboxylic acids is 1. The van der Waals surface area contributed by atoms with Crippen molar-refractivity contribution < 1.29 is 9.18 Å². The highest BCUT2D eigenvalue weighted by Gasteiger charge is 2.11. The smallest absolute Gasteiger partial charge is 0.211 e. The highest BCUT2D eigenvalue weighted by molar-refractivity contribution is 5.36. The van der Waals surface area contributed by atoms with Gasteiger partial charge in [0.25, 0.3) is 0 Å². The van der Waals surface area contributed by atoms with E-state index in [1.807, 2.05) is 12.1 Å². The molecule has 0 aromatic heterocycles. The minimum atomic E-state index is -0.319. The molecule has 20 heavy (non-hydrogen) atoms. The molecule has 0 amide bonds. The molecule has 3 heteroatoms. The van der Waals surface area contributed by atoms with Gasteiger partial charge in [-0.1, -0.05) is 43.3 Å². The first kappa shape index (κ1) is 14.2. The number of hydrogen-bond acceptors (Lipinski definition) is 2. The molecule has 102 valence electrons. The molecule has 2 nitrogen and oxygen atoms in total. The summed E-state index contributed by atoms with van der Waals surface area (Å²) in [4.78, 5) is 14.4. The maximum atomic E-state index is 12.9. The summed E-state index contributed by atoms with van der Waals surface area (Å²) in [7, 11) is 0. The monoisotopic (exact) mass is 269 g/mol. The normalized spacial score (nSPS) is 11.7. The third kappa shape index (κ3) is 3.62. The van der Waals surface area contributed by atoms with Gasteiger partial charge in [0.05, 0.1) is 6.04 Å². The quantitative estimate of drug-likeness (QED) is 0.595. The van der Waals surface area contributed by atoms with E-state index in [0.717, 1.165) is 17.5 Å². The van der Waals surface area contributed by atoms with Gasteiger partial charge in [-0.3, -0.25) is 0 Å². The van der Waals surface area contributed by atoms with Crippen molar-refractivity contribution >= 4 is 6.08 Å². The van der Waals surface area contributed by atoms with Crippen LogP contribution in [0.15, 0.2) is 53.5 Å². The van der Waals surface area contributed by atoms with Crippen LogP contribution in [0.25, 0.3) is 0 Å². The van der Waals surface area contributed by atoms with E-state index < -0.39 is 0 Å². The van der Waals surface area contributed by atoms with Crippen LogP contribution in [0.3, 0.4) is 0 Å². The molecule has 1 atom stereocenters. The average Bonchev–Trinajstić information content (AvgIpc) is 2.48. The Balaban J connectivity index is 2.20. The fraction of sp³-hybridized carbons (Fsp3) is 0.235. The van der Waals surface area contributed by atoms with Crippen LogP contribution in [0.2, 0.25) is 0 Å². The van der Waals surface area contributed by atoms with Gasteiger partial charge in [-0.2, -0.15) is 4.99 Å². The molecule has 0 aliphatic carbocycles. The first-order valence-corrected chi connectivity index (χ1v) is 6.63. The van der Waals surface area contributed by atoms with Crippen LogP contribution >= 0.6 is 0 Å². The molecule has 2 aromatic carbocycles. The summed E-state index contributed by atoms with van der Waals surface area (Å²) in [6.07, 6.45) is 3.20. The summed E-state index contributed by atoms with van der Waals surface area (Å²) >= 11 is 0. The Morgan fingerprint density at radius 3 is 2.20 bits per heavy atom. The van der Waals surface area contributed by atoms with Gasteiger partial charge in [-0.25, -0.2) is 9.18 Å². The largest absolute Gasteiger partial charge is 0.235 e. The van der Waals surface area contributed by atoms with Gasteiger partial charge in [-0.15, -0.1) is 0 Å². The summed E-state index contributed by atoms with van der Waals surface area (Å²) in [5.74, 6) is -0.296. The minimum absolute atomic E-state index is 0.296. The maximum Gasteiger partial charge on any atom is 0.235 e.